The van der Waals surface area contributed by atoms with Gasteiger partial charge < -0.3 is 0 Å². The average molecular weight is 136 g/mol. The first-order valence-corrected chi connectivity index (χ1v) is 4.39. The molecule has 0 heterocycles. The van der Waals surface area contributed by atoms with E-state index in [2.05, 4.69) is 26.0 Å². The third-order valence-electron chi connectivity index (χ3n) is 3.52. The molecule has 1 saturated carbocycles. The minimum absolute atomic E-state index is 0.595. The highest BCUT2D eigenvalue weighted by Gasteiger charge is 2.41. The Hall–Kier alpha value is -0.260. The molecule has 2 aliphatic carbocycles. The molecule has 10 heavy (non-hydrogen) atoms. The Bertz CT molecular complexity index is 149. The van der Waals surface area contributed by atoms with E-state index in [0.717, 1.165) is 11.8 Å². The van der Waals surface area contributed by atoms with Gasteiger partial charge in [-0.25, -0.2) is 0 Å². The van der Waals surface area contributed by atoms with Gasteiger partial charge in [-0.2, -0.15) is 0 Å². The quantitative estimate of drug-likeness (QED) is 0.449. The van der Waals surface area contributed by atoms with Gasteiger partial charge in [-0.3, -0.25) is 0 Å². The van der Waals surface area contributed by atoms with Crippen molar-refractivity contribution in [1.82, 2.24) is 0 Å². The van der Waals surface area contributed by atoms with Crippen molar-refractivity contribution in [1.29, 1.82) is 0 Å². The van der Waals surface area contributed by atoms with E-state index < -0.39 is 0 Å². The Kier molecular flexibility index (Phi) is 1.21. The normalized spacial score (nSPS) is 42.2. The molecule has 0 heteroatoms. The van der Waals surface area contributed by atoms with Crippen LogP contribution in [0.15, 0.2) is 12.2 Å². The van der Waals surface area contributed by atoms with Crippen LogP contribution < -0.4 is 0 Å². The fourth-order valence-corrected chi connectivity index (χ4v) is 2.53. The number of allylic oxidation sites excluding steroid dienone is 2. The van der Waals surface area contributed by atoms with Crippen LogP contribution in [0.3, 0.4) is 0 Å². The summed E-state index contributed by atoms with van der Waals surface area (Å²) in [6, 6.07) is 0. The summed E-state index contributed by atoms with van der Waals surface area (Å²) in [7, 11) is 0. The zero-order valence-corrected chi connectivity index (χ0v) is 6.93. The highest BCUT2D eigenvalue weighted by Crippen LogP contribution is 2.50. The zero-order valence-electron chi connectivity index (χ0n) is 6.93. The van der Waals surface area contributed by atoms with Crippen LogP contribution in [0.5, 0.6) is 0 Å². The molecule has 0 spiro atoms. The van der Waals surface area contributed by atoms with Gasteiger partial charge in [-0.1, -0.05) is 32.4 Å². The first-order valence-electron chi connectivity index (χ1n) is 4.39. The van der Waals surface area contributed by atoms with Gasteiger partial charge >= 0.3 is 0 Å². The van der Waals surface area contributed by atoms with Crippen LogP contribution in [0, 0.1) is 17.3 Å². The second kappa shape index (κ2) is 1.87. The molecule has 2 bridgehead atoms. The molecule has 0 radical (unpaired) electrons. The summed E-state index contributed by atoms with van der Waals surface area (Å²) in [5.74, 6) is 1.79. The van der Waals surface area contributed by atoms with Crippen LogP contribution in [0.2, 0.25) is 0 Å². The summed E-state index contributed by atoms with van der Waals surface area (Å²) < 4.78 is 0. The molecule has 2 rings (SSSR count). The van der Waals surface area contributed by atoms with E-state index in [1.807, 2.05) is 0 Å². The molecule has 56 valence electrons. The Morgan fingerprint density at radius 2 is 1.60 bits per heavy atom. The van der Waals surface area contributed by atoms with Crippen LogP contribution in [0.4, 0.5) is 0 Å². The van der Waals surface area contributed by atoms with Crippen LogP contribution in [0.25, 0.3) is 0 Å². The van der Waals surface area contributed by atoms with Gasteiger partial charge in [0.15, 0.2) is 0 Å². The topological polar surface area (TPSA) is 0 Å². The van der Waals surface area contributed by atoms with Gasteiger partial charge in [0, 0.05) is 0 Å². The lowest BCUT2D eigenvalue weighted by molar-refractivity contribution is 0.143. The summed E-state index contributed by atoms with van der Waals surface area (Å²) in [6.45, 7) is 4.84. The number of rotatable bonds is 0. The lowest BCUT2D eigenvalue weighted by atomic mass is 9.67. The molecule has 0 aromatic carbocycles. The molecule has 0 aromatic heterocycles. The predicted octanol–water partition coefficient (Wildman–Crippen LogP) is 3.00. The van der Waals surface area contributed by atoms with Crippen molar-refractivity contribution in [3.63, 3.8) is 0 Å². The molecule has 2 unspecified atom stereocenters. The molecular formula is C10H16. The number of fused-ring (bicyclic) bond motifs is 2. The molecular weight excluding hydrogens is 120 g/mol. The van der Waals surface area contributed by atoms with Gasteiger partial charge in [-0.05, 0) is 30.1 Å². The molecule has 0 aromatic rings. The van der Waals surface area contributed by atoms with E-state index in [9.17, 15) is 0 Å². The minimum atomic E-state index is 0.595. The summed E-state index contributed by atoms with van der Waals surface area (Å²) in [4.78, 5) is 0. The van der Waals surface area contributed by atoms with Crippen molar-refractivity contribution < 1.29 is 0 Å². The highest BCUT2D eigenvalue weighted by molar-refractivity contribution is 5.13. The maximum atomic E-state index is 2.44. The monoisotopic (exact) mass is 136 g/mol. The van der Waals surface area contributed by atoms with E-state index in [4.69, 9.17) is 0 Å². The summed E-state index contributed by atoms with van der Waals surface area (Å²) in [6.07, 6.45) is 9.20. The molecule has 2 atom stereocenters. The van der Waals surface area contributed by atoms with E-state index in [-0.39, 0.29) is 0 Å². The second-order valence-electron chi connectivity index (χ2n) is 4.35. The lowest BCUT2D eigenvalue weighted by Crippen LogP contribution is -2.29. The maximum absolute atomic E-state index is 2.44. The van der Waals surface area contributed by atoms with Crippen molar-refractivity contribution >= 4 is 0 Å². The molecule has 0 saturated heterocycles. The standard InChI is InChI=1S/C10H16/c1-10(2)8-4-3-5-9(10)7-6-8/h6-9H,3-5H2,1-2H3. The van der Waals surface area contributed by atoms with Crippen molar-refractivity contribution in [2.75, 3.05) is 0 Å². The smallest absolute Gasteiger partial charge is 0.0176 e. The summed E-state index contributed by atoms with van der Waals surface area (Å²) in [5.41, 5.74) is 0.595. The van der Waals surface area contributed by atoms with Crippen LogP contribution >= 0.6 is 0 Å². The third-order valence-corrected chi connectivity index (χ3v) is 3.52. The SMILES string of the molecule is CC1(C)C2C=CC1CCC2. The van der Waals surface area contributed by atoms with Crippen molar-refractivity contribution in [2.45, 2.75) is 33.1 Å². The number of hydrogen-bond acceptors (Lipinski definition) is 0. The number of hydrogen-bond donors (Lipinski definition) is 0. The first-order chi connectivity index (χ1) is 4.71. The van der Waals surface area contributed by atoms with E-state index in [0.29, 0.717) is 5.41 Å². The molecule has 0 N–H and O–H groups in total. The molecule has 0 nitrogen and oxygen atoms in total. The summed E-state index contributed by atoms with van der Waals surface area (Å²) in [5, 5.41) is 0. The minimum Gasteiger partial charge on any atom is -0.0846 e. The summed E-state index contributed by atoms with van der Waals surface area (Å²) >= 11 is 0. The van der Waals surface area contributed by atoms with Crippen LogP contribution in [-0.4, -0.2) is 0 Å². The largest absolute Gasteiger partial charge is 0.0846 e. The van der Waals surface area contributed by atoms with Crippen molar-refractivity contribution in [3.8, 4) is 0 Å². The van der Waals surface area contributed by atoms with Gasteiger partial charge in [0.1, 0.15) is 0 Å². The van der Waals surface area contributed by atoms with Crippen LogP contribution in [0.1, 0.15) is 33.1 Å². The van der Waals surface area contributed by atoms with Gasteiger partial charge in [0.2, 0.25) is 0 Å². The fourth-order valence-electron chi connectivity index (χ4n) is 2.53. The molecule has 0 aliphatic heterocycles. The van der Waals surface area contributed by atoms with E-state index in [1.165, 1.54) is 19.3 Å². The van der Waals surface area contributed by atoms with Crippen LogP contribution in [-0.2, 0) is 0 Å². The second-order valence-corrected chi connectivity index (χ2v) is 4.35. The van der Waals surface area contributed by atoms with Gasteiger partial charge in [0.05, 0.1) is 0 Å². The molecule has 0 amide bonds. The maximum Gasteiger partial charge on any atom is -0.0176 e. The zero-order chi connectivity index (χ0) is 7.19. The Morgan fingerprint density at radius 1 is 1.10 bits per heavy atom. The average Bonchev–Trinajstić information content (AvgIpc) is 2.17. The Labute approximate surface area is 63.3 Å². The Balaban J connectivity index is 2.28. The Morgan fingerprint density at radius 3 is 2.00 bits per heavy atom. The highest BCUT2D eigenvalue weighted by atomic mass is 14.5. The van der Waals surface area contributed by atoms with E-state index in [1.54, 1.807) is 0 Å². The third kappa shape index (κ3) is 0.680. The van der Waals surface area contributed by atoms with Crippen molar-refractivity contribution in [3.05, 3.63) is 12.2 Å². The first kappa shape index (κ1) is 6.45. The van der Waals surface area contributed by atoms with Gasteiger partial charge in [0.25, 0.3) is 0 Å². The molecule has 1 fully saturated rings. The van der Waals surface area contributed by atoms with Gasteiger partial charge in [-0.15, -0.1) is 0 Å². The lowest BCUT2D eigenvalue weighted by Gasteiger charge is -2.37. The molecule has 2 aliphatic rings. The van der Waals surface area contributed by atoms with E-state index >= 15 is 0 Å². The predicted molar refractivity (Wildman–Crippen MR) is 43.8 cm³/mol. The fraction of sp³-hybridized carbons (Fsp3) is 0.800. The van der Waals surface area contributed by atoms with Crippen molar-refractivity contribution in [2.24, 2.45) is 17.3 Å².